The highest BCUT2D eigenvalue weighted by atomic mass is 16.6. The van der Waals surface area contributed by atoms with Crippen LogP contribution in [0.5, 0.6) is 11.5 Å². The molecule has 0 bridgehead atoms. The number of hydrogen-bond acceptors (Lipinski definition) is 8. The molecule has 1 saturated heterocycles. The number of nitrogens with zero attached hydrogens (tertiary/aromatic N) is 1. The van der Waals surface area contributed by atoms with Gasteiger partial charge in [0.2, 0.25) is 11.5 Å². The first-order chi connectivity index (χ1) is 20.3. The third-order valence-electron chi connectivity index (χ3n) is 9.05. The fourth-order valence-corrected chi connectivity index (χ4v) is 7.02. The lowest BCUT2D eigenvalue weighted by molar-refractivity contribution is -0.173. The molecule has 2 aliphatic heterocycles. The van der Waals surface area contributed by atoms with E-state index in [9.17, 15) is 14.4 Å². The van der Waals surface area contributed by atoms with Crippen LogP contribution in [-0.2, 0) is 41.7 Å². The van der Waals surface area contributed by atoms with Gasteiger partial charge in [0.05, 0.1) is 33.5 Å². The molecule has 2 fully saturated rings. The number of fused-ring (bicyclic) bond motifs is 1. The van der Waals surface area contributed by atoms with Gasteiger partial charge in [-0.3, -0.25) is 9.59 Å². The van der Waals surface area contributed by atoms with E-state index in [2.05, 4.69) is 0 Å². The summed E-state index contributed by atoms with van der Waals surface area (Å²) in [5, 5.41) is 0. The molecule has 9 heteroatoms. The summed E-state index contributed by atoms with van der Waals surface area (Å²) in [6.07, 6.45) is 3.13. The second-order valence-corrected chi connectivity index (χ2v) is 11.2. The third-order valence-corrected chi connectivity index (χ3v) is 9.05. The Morgan fingerprint density at radius 2 is 1.52 bits per heavy atom. The number of likely N-dealkylation sites (tertiary alicyclic amines) is 1. The molecule has 5 rings (SSSR count). The molecule has 0 N–H and O–H groups in total. The zero-order valence-corrected chi connectivity index (χ0v) is 24.8. The molecule has 42 heavy (non-hydrogen) atoms. The Bertz CT molecular complexity index is 1350. The van der Waals surface area contributed by atoms with Crippen molar-refractivity contribution in [2.45, 2.75) is 69.7 Å². The monoisotopic (exact) mass is 577 g/mol. The number of ketones is 1. The number of hydrogen-bond donors (Lipinski definition) is 0. The van der Waals surface area contributed by atoms with E-state index < -0.39 is 17.1 Å². The SMILES string of the molecule is COC1=C(C)C(=O)O[C@]12C(=O)CC(CCCCOCc1ccc(OC)cc1)[C@@]21CCC(=O)N1Cc1ccc(OC)cc1. The van der Waals surface area contributed by atoms with Gasteiger partial charge in [-0.15, -0.1) is 0 Å². The Morgan fingerprint density at radius 3 is 2.14 bits per heavy atom. The van der Waals surface area contributed by atoms with E-state index in [4.69, 9.17) is 23.7 Å². The molecule has 3 atom stereocenters. The number of esters is 1. The van der Waals surface area contributed by atoms with E-state index in [1.807, 2.05) is 48.5 Å². The Labute approximate surface area is 246 Å². The third kappa shape index (κ3) is 4.93. The number of rotatable bonds is 12. The summed E-state index contributed by atoms with van der Waals surface area (Å²) in [6.45, 7) is 2.97. The summed E-state index contributed by atoms with van der Waals surface area (Å²) in [4.78, 5) is 42.3. The molecule has 1 unspecified atom stereocenters. The predicted molar refractivity (Wildman–Crippen MR) is 154 cm³/mol. The number of methoxy groups -OCH3 is 3. The summed E-state index contributed by atoms with van der Waals surface area (Å²) in [6, 6.07) is 15.3. The van der Waals surface area contributed by atoms with Gasteiger partial charge >= 0.3 is 5.97 Å². The number of benzene rings is 2. The van der Waals surface area contributed by atoms with Crippen molar-refractivity contribution in [1.82, 2.24) is 4.90 Å². The van der Waals surface area contributed by atoms with E-state index in [0.717, 1.165) is 29.7 Å². The molecule has 2 aromatic rings. The summed E-state index contributed by atoms with van der Waals surface area (Å²) in [5.74, 6) is 0.695. The second kappa shape index (κ2) is 12.2. The number of carbonyl (C=O) groups excluding carboxylic acids is 3. The summed E-state index contributed by atoms with van der Waals surface area (Å²) in [5.41, 5.74) is -0.439. The lowest BCUT2D eigenvalue weighted by atomic mass is 9.72. The summed E-state index contributed by atoms with van der Waals surface area (Å²) < 4.78 is 28.2. The van der Waals surface area contributed by atoms with Gasteiger partial charge in [0, 0.05) is 26.0 Å². The number of ether oxygens (including phenoxy) is 5. The van der Waals surface area contributed by atoms with E-state index in [1.54, 1.807) is 26.0 Å². The first kappa shape index (κ1) is 29.6. The smallest absolute Gasteiger partial charge is 0.338 e. The minimum Gasteiger partial charge on any atom is -0.497 e. The van der Waals surface area contributed by atoms with Crippen molar-refractivity contribution >= 4 is 17.7 Å². The first-order valence-corrected chi connectivity index (χ1v) is 14.5. The largest absolute Gasteiger partial charge is 0.497 e. The lowest BCUT2D eigenvalue weighted by Crippen LogP contribution is -2.65. The molecule has 2 aromatic carbocycles. The summed E-state index contributed by atoms with van der Waals surface area (Å²) in [7, 11) is 4.70. The van der Waals surface area contributed by atoms with Crippen LogP contribution in [-0.4, -0.2) is 61.6 Å². The predicted octanol–water partition coefficient (Wildman–Crippen LogP) is 4.76. The van der Waals surface area contributed by atoms with Gasteiger partial charge in [-0.2, -0.15) is 0 Å². The van der Waals surface area contributed by atoms with Gasteiger partial charge in [-0.25, -0.2) is 4.79 Å². The van der Waals surface area contributed by atoms with Crippen LogP contribution in [0.3, 0.4) is 0 Å². The van der Waals surface area contributed by atoms with Crippen LogP contribution in [0.15, 0.2) is 59.9 Å². The molecule has 224 valence electrons. The van der Waals surface area contributed by atoms with E-state index in [0.29, 0.717) is 31.8 Å². The second-order valence-electron chi connectivity index (χ2n) is 11.2. The molecule has 0 radical (unpaired) electrons. The van der Waals surface area contributed by atoms with Gasteiger partial charge in [0.1, 0.15) is 17.0 Å². The number of unbranched alkanes of at least 4 members (excludes halogenated alkanes) is 1. The van der Waals surface area contributed by atoms with Gasteiger partial charge in [0.15, 0.2) is 11.5 Å². The van der Waals surface area contributed by atoms with Gasteiger partial charge in [-0.1, -0.05) is 30.7 Å². The number of carbonyl (C=O) groups is 3. The average Bonchev–Trinajstić information content (AvgIpc) is 3.56. The van der Waals surface area contributed by atoms with Gasteiger partial charge < -0.3 is 28.6 Å². The van der Waals surface area contributed by atoms with Crippen molar-refractivity contribution < 1.29 is 38.1 Å². The van der Waals surface area contributed by atoms with Crippen molar-refractivity contribution in [3.8, 4) is 11.5 Å². The quantitative estimate of drug-likeness (QED) is 0.263. The van der Waals surface area contributed by atoms with Crippen molar-refractivity contribution in [3.63, 3.8) is 0 Å². The Kier molecular flexibility index (Phi) is 8.59. The molecule has 9 nitrogen and oxygen atoms in total. The molecule has 3 aliphatic rings. The fourth-order valence-electron chi connectivity index (χ4n) is 7.02. The van der Waals surface area contributed by atoms with Crippen LogP contribution in [0.2, 0.25) is 0 Å². The highest BCUT2D eigenvalue weighted by Gasteiger charge is 2.76. The Hall–Kier alpha value is -3.85. The molecule has 1 saturated carbocycles. The zero-order valence-electron chi connectivity index (χ0n) is 24.8. The number of Topliss-reactive ketones (excluding diaryl/α,β-unsaturated/α-hetero) is 1. The van der Waals surface area contributed by atoms with E-state index >= 15 is 0 Å². The van der Waals surface area contributed by atoms with Gasteiger partial charge in [0.25, 0.3) is 0 Å². The van der Waals surface area contributed by atoms with Crippen molar-refractivity contribution in [2.24, 2.45) is 5.92 Å². The molecule has 1 amide bonds. The maximum atomic E-state index is 14.0. The minimum atomic E-state index is -1.64. The van der Waals surface area contributed by atoms with Crippen molar-refractivity contribution in [3.05, 3.63) is 71.0 Å². The highest BCUT2D eigenvalue weighted by molar-refractivity contribution is 6.05. The molecule has 2 spiro atoms. The van der Waals surface area contributed by atoms with Crippen molar-refractivity contribution in [1.29, 1.82) is 0 Å². The van der Waals surface area contributed by atoms with Crippen LogP contribution in [0.1, 0.15) is 56.6 Å². The standard InChI is InChI=1S/C33H39NO8/c1-22-30(40-4)33(42-31(22)37)28(35)19-25(7-5-6-18-41-21-24-10-14-27(39-3)15-11-24)32(33)17-16-29(36)34(32)20-23-8-12-26(38-2)13-9-23/h8-15,25H,5-7,16-21H2,1-4H3/t25?,32-,33+/m0/s1. The summed E-state index contributed by atoms with van der Waals surface area (Å²) >= 11 is 0. The van der Waals surface area contributed by atoms with E-state index in [1.165, 1.54) is 7.11 Å². The zero-order chi connectivity index (χ0) is 29.9. The van der Waals surface area contributed by atoms with Crippen LogP contribution >= 0.6 is 0 Å². The molecule has 2 heterocycles. The first-order valence-electron chi connectivity index (χ1n) is 14.5. The molecule has 0 aromatic heterocycles. The maximum absolute atomic E-state index is 14.0. The van der Waals surface area contributed by atoms with Crippen LogP contribution in [0.4, 0.5) is 0 Å². The Morgan fingerprint density at radius 1 is 0.881 bits per heavy atom. The fraction of sp³-hybridized carbons (Fsp3) is 0.485. The normalized spacial score (nSPS) is 25.2. The topological polar surface area (TPSA) is 101 Å². The molecular formula is C33H39NO8. The van der Waals surface area contributed by atoms with Crippen LogP contribution in [0, 0.1) is 5.92 Å². The van der Waals surface area contributed by atoms with Crippen LogP contribution in [0.25, 0.3) is 0 Å². The van der Waals surface area contributed by atoms with Crippen molar-refractivity contribution in [2.75, 3.05) is 27.9 Å². The molecular weight excluding hydrogens is 538 g/mol. The Balaban J connectivity index is 1.36. The highest BCUT2D eigenvalue weighted by Crippen LogP contribution is 2.60. The minimum absolute atomic E-state index is 0.0660. The lowest BCUT2D eigenvalue weighted by Gasteiger charge is -2.48. The number of amides is 1. The van der Waals surface area contributed by atoms with Crippen LogP contribution < -0.4 is 9.47 Å². The molecule has 1 aliphatic carbocycles. The van der Waals surface area contributed by atoms with E-state index in [-0.39, 0.29) is 48.3 Å². The maximum Gasteiger partial charge on any atom is 0.338 e. The van der Waals surface area contributed by atoms with Gasteiger partial charge in [-0.05, 0) is 67.5 Å². The average molecular weight is 578 g/mol.